The summed E-state index contributed by atoms with van der Waals surface area (Å²) in [5.41, 5.74) is -2.70. The van der Waals surface area contributed by atoms with E-state index in [1.165, 1.54) is 30.8 Å². The van der Waals surface area contributed by atoms with Gasteiger partial charge in [-0.3, -0.25) is 0 Å². The van der Waals surface area contributed by atoms with E-state index in [1.807, 2.05) is 0 Å². The molecule has 0 aromatic carbocycles. The molecule has 35 heavy (non-hydrogen) atoms. The van der Waals surface area contributed by atoms with Gasteiger partial charge in [-0.2, -0.15) is 18.7 Å². The number of fused-ring (bicyclic) bond motifs is 1. The lowest BCUT2D eigenvalue weighted by Gasteiger charge is -2.10. The van der Waals surface area contributed by atoms with Crippen molar-refractivity contribution in [3.8, 4) is 22.9 Å². The fourth-order valence-corrected chi connectivity index (χ4v) is 4.59. The first-order valence-corrected chi connectivity index (χ1v) is 12.1. The van der Waals surface area contributed by atoms with Gasteiger partial charge in [0.2, 0.25) is 11.6 Å². The summed E-state index contributed by atoms with van der Waals surface area (Å²) in [4.78, 5) is 12.2. The number of nitrogens with zero attached hydrogens (tertiary/aromatic N) is 7. The topological polar surface area (TPSA) is 144 Å². The molecular weight excluding hydrogens is 491 g/mol. The molecule has 0 atom stereocenters. The van der Waals surface area contributed by atoms with E-state index in [2.05, 4.69) is 25.2 Å². The first-order valence-electron chi connectivity index (χ1n) is 10.5. The second-order valence-electron chi connectivity index (χ2n) is 8.36. The SMILES string of the molecule is CCS(=O)(=O)c1cc(-c2noc(C3(F)CC3)n2)cnc1-c1nc2cc(C(C)(F)F)n[n+]([O-])c2n1C. The highest BCUT2D eigenvalue weighted by atomic mass is 32.2. The summed E-state index contributed by atoms with van der Waals surface area (Å²) in [6, 6.07) is 2.21. The van der Waals surface area contributed by atoms with Crippen LogP contribution in [-0.2, 0) is 28.5 Å². The number of alkyl halides is 3. The van der Waals surface area contributed by atoms with Gasteiger partial charge in [-0.1, -0.05) is 17.2 Å². The van der Waals surface area contributed by atoms with Crippen LogP contribution in [0.25, 0.3) is 34.1 Å². The molecule has 1 fully saturated rings. The minimum absolute atomic E-state index is 0.00641. The lowest BCUT2D eigenvalue weighted by molar-refractivity contribution is -0.647. The van der Waals surface area contributed by atoms with Crippen LogP contribution >= 0.6 is 0 Å². The number of pyridine rings is 1. The minimum Gasteiger partial charge on any atom is -0.691 e. The Morgan fingerprint density at radius 1 is 1.29 bits per heavy atom. The van der Waals surface area contributed by atoms with Crippen LogP contribution in [0, 0.1) is 5.21 Å². The number of hydrogen-bond donors (Lipinski definition) is 0. The van der Waals surface area contributed by atoms with Gasteiger partial charge in [-0.05, 0) is 18.9 Å². The molecule has 5 rings (SSSR count). The van der Waals surface area contributed by atoms with E-state index in [1.54, 1.807) is 0 Å². The standard InChI is InChI=1S/C20H18F3N7O4S/c1-4-35(32,33)12-7-10(15-26-18(34-28-15)20(23)5-6-20)9-24-14(12)16-25-11-8-13(19(2,21)22)27-30(31)17(11)29(16)3/h7-9H,4-6H2,1-3H3. The average molecular weight is 509 g/mol. The van der Waals surface area contributed by atoms with Crippen molar-refractivity contribution in [2.75, 3.05) is 5.75 Å². The summed E-state index contributed by atoms with van der Waals surface area (Å²) in [6.45, 7) is 2.02. The van der Waals surface area contributed by atoms with Gasteiger partial charge in [0.05, 0.1) is 17.7 Å². The van der Waals surface area contributed by atoms with Gasteiger partial charge in [0.1, 0.15) is 5.69 Å². The monoisotopic (exact) mass is 509 g/mol. The Hall–Kier alpha value is -3.62. The maximum atomic E-state index is 14.3. The summed E-state index contributed by atoms with van der Waals surface area (Å²) < 4.78 is 73.9. The maximum absolute atomic E-state index is 14.3. The first kappa shape index (κ1) is 23.1. The van der Waals surface area contributed by atoms with Gasteiger partial charge in [0, 0.05) is 24.8 Å². The third-order valence-electron chi connectivity index (χ3n) is 5.73. The Kier molecular flexibility index (Phi) is 4.92. The van der Waals surface area contributed by atoms with E-state index in [9.17, 15) is 26.8 Å². The highest BCUT2D eigenvalue weighted by Crippen LogP contribution is 2.49. The van der Waals surface area contributed by atoms with Crippen LogP contribution in [0.4, 0.5) is 13.2 Å². The summed E-state index contributed by atoms with van der Waals surface area (Å²) in [6.07, 6.45) is 1.77. The predicted octanol–water partition coefficient (Wildman–Crippen LogP) is 2.58. The molecule has 0 spiro atoms. The van der Waals surface area contributed by atoms with Crippen LogP contribution in [0.1, 0.15) is 38.3 Å². The highest BCUT2D eigenvalue weighted by Gasteiger charge is 2.50. The van der Waals surface area contributed by atoms with Crippen molar-refractivity contribution in [3.05, 3.63) is 35.1 Å². The van der Waals surface area contributed by atoms with E-state index in [0.29, 0.717) is 6.92 Å². The van der Waals surface area contributed by atoms with Crippen molar-refractivity contribution in [1.29, 1.82) is 0 Å². The third-order valence-corrected chi connectivity index (χ3v) is 7.47. The number of rotatable bonds is 6. The van der Waals surface area contributed by atoms with Gasteiger partial charge in [-0.25, -0.2) is 22.4 Å². The van der Waals surface area contributed by atoms with Crippen molar-refractivity contribution < 1.29 is 31.0 Å². The molecular formula is C20H18F3N7O4S. The zero-order valence-corrected chi connectivity index (χ0v) is 19.5. The Bertz CT molecular complexity index is 1590. The number of sulfone groups is 1. The molecule has 0 saturated heterocycles. The predicted molar refractivity (Wildman–Crippen MR) is 113 cm³/mol. The fourth-order valence-electron chi connectivity index (χ4n) is 3.54. The summed E-state index contributed by atoms with van der Waals surface area (Å²) in [5, 5.41) is 19.5. The zero-order valence-electron chi connectivity index (χ0n) is 18.7. The molecule has 11 nitrogen and oxygen atoms in total. The van der Waals surface area contributed by atoms with Gasteiger partial charge >= 0.3 is 5.65 Å². The summed E-state index contributed by atoms with van der Waals surface area (Å²) in [5.74, 6) is -3.98. The molecule has 1 aliphatic rings. The minimum atomic E-state index is -3.91. The lowest BCUT2D eigenvalue weighted by atomic mass is 10.2. The molecule has 0 N–H and O–H groups in total. The van der Waals surface area contributed by atoms with E-state index < -0.39 is 27.1 Å². The van der Waals surface area contributed by atoms with Gasteiger partial charge in [0.15, 0.2) is 26.7 Å². The average Bonchev–Trinajstić information content (AvgIpc) is 3.21. The molecule has 15 heteroatoms. The van der Waals surface area contributed by atoms with E-state index >= 15 is 0 Å². The molecule has 4 aromatic heterocycles. The second-order valence-corrected chi connectivity index (χ2v) is 10.6. The van der Waals surface area contributed by atoms with Crippen molar-refractivity contribution in [3.63, 3.8) is 0 Å². The molecule has 4 heterocycles. The molecule has 1 saturated carbocycles. The quantitative estimate of drug-likeness (QED) is 0.283. The lowest BCUT2D eigenvalue weighted by Crippen LogP contribution is -2.36. The van der Waals surface area contributed by atoms with Gasteiger partial charge < -0.3 is 9.73 Å². The number of halogens is 3. The number of hydrogen-bond acceptors (Lipinski definition) is 9. The third kappa shape index (κ3) is 3.79. The smallest absolute Gasteiger partial charge is 0.333 e. The Morgan fingerprint density at radius 3 is 2.63 bits per heavy atom. The van der Waals surface area contributed by atoms with Crippen LogP contribution in [0.2, 0.25) is 0 Å². The number of aryl methyl sites for hydroxylation is 1. The van der Waals surface area contributed by atoms with Crippen molar-refractivity contribution in [1.82, 2.24) is 29.8 Å². The number of aromatic nitrogens is 7. The summed E-state index contributed by atoms with van der Waals surface area (Å²) in [7, 11) is -2.50. The normalized spacial score (nSPS) is 15.6. The van der Waals surface area contributed by atoms with Crippen LogP contribution < -0.4 is 4.85 Å². The van der Waals surface area contributed by atoms with E-state index in [-0.39, 0.29) is 68.3 Å². The van der Waals surface area contributed by atoms with Crippen LogP contribution in [0.3, 0.4) is 0 Å². The maximum Gasteiger partial charge on any atom is 0.333 e. The zero-order chi connectivity index (χ0) is 25.3. The molecule has 0 bridgehead atoms. The first-order chi connectivity index (χ1) is 16.3. The highest BCUT2D eigenvalue weighted by molar-refractivity contribution is 7.91. The van der Waals surface area contributed by atoms with E-state index in [0.717, 1.165) is 6.07 Å². The van der Waals surface area contributed by atoms with Crippen molar-refractivity contribution in [2.24, 2.45) is 7.05 Å². The molecule has 1 aliphatic carbocycles. The Morgan fingerprint density at radius 2 is 2.00 bits per heavy atom. The number of imidazole rings is 1. The summed E-state index contributed by atoms with van der Waals surface area (Å²) >= 11 is 0. The molecule has 0 amide bonds. The molecule has 0 aliphatic heterocycles. The Labute approximate surface area is 196 Å². The molecule has 184 valence electrons. The second kappa shape index (κ2) is 7.44. The van der Waals surface area contributed by atoms with Gasteiger partial charge in [0.25, 0.3) is 11.8 Å². The largest absolute Gasteiger partial charge is 0.691 e. The van der Waals surface area contributed by atoms with Crippen molar-refractivity contribution in [2.45, 2.75) is 43.2 Å². The molecule has 0 unspecified atom stereocenters. The van der Waals surface area contributed by atoms with Crippen LogP contribution in [0.15, 0.2) is 27.7 Å². The fraction of sp³-hybridized carbons (Fsp3) is 0.400. The van der Waals surface area contributed by atoms with Crippen molar-refractivity contribution >= 4 is 21.0 Å². The molecule has 0 radical (unpaired) electrons. The van der Waals surface area contributed by atoms with E-state index in [4.69, 9.17) is 4.52 Å². The molecule has 4 aromatic rings. The van der Waals surface area contributed by atoms with Gasteiger partial charge in [-0.15, -0.1) is 4.85 Å². The van der Waals surface area contributed by atoms with Crippen LogP contribution in [-0.4, -0.2) is 43.9 Å². The van der Waals surface area contributed by atoms with Crippen LogP contribution in [0.5, 0.6) is 0 Å². The Balaban J connectivity index is 1.69.